The fraction of sp³-hybridized carbons (Fsp3) is 0.500. The van der Waals surface area contributed by atoms with E-state index in [4.69, 9.17) is 23.2 Å². The molecule has 92 valence electrons. The van der Waals surface area contributed by atoms with Crippen LogP contribution in [0.1, 0.15) is 49.4 Å². The SMILES string of the molecule is CCC1(C(=O)c2cccc(Cl)c2Cl)CCCC1. The van der Waals surface area contributed by atoms with Gasteiger partial charge in [0.1, 0.15) is 0 Å². The average Bonchev–Trinajstić information content (AvgIpc) is 2.82. The fourth-order valence-electron chi connectivity index (χ4n) is 2.76. The highest BCUT2D eigenvalue weighted by Crippen LogP contribution is 2.44. The Morgan fingerprint density at radius 1 is 1.29 bits per heavy atom. The van der Waals surface area contributed by atoms with Gasteiger partial charge in [-0.25, -0.2) is 0 Å². The molecular formula is C14H16Cl2O. The van der Waals surface area contributed by atoms with Crippen LogP contribution in [0.2, 0.25) is 10.0 Å². The number of hydrogen-bond acceptors (Lipinski definition) is 1. The number of rotatable bonds is 3. The van der Waals surface area contributed by atoms with Crippen molar-refractivity contribution in [3.63, 3.8) is 0 Å². The highest BCUT2D eigenvalue weighted by molar-refractivity contribution is 6.44. The number of ketones is 1. The van der Waals surface area contributed by atoms with Crippen LogP contribution in [0.3, 0.4) is 0 Å². The van der Waals surface area contributed by atoms with E-state index in [0.29, 0.717) is 15.6 Å². The second kappa shape index (κ2) is 4.99. The van der Waals surface area contributed by atoms with E-state index in [0.717, 1.165) is 32.1 Å². The van der Waals surface area contributed by atoms with Gasteiger partial charge in [-0.2, -0.15) is 0 Å². The molecule has 0 saturated heterocycles. The minimum absolute atomic E-state index is 0.171. The second-order valence-corrected chi connectivity index (χ2v) is 5.56. The van der Waals surface area contributed by atoms with Crippen molar-refractivity contribution in [1.82, 2.24) is 0 Å². The van der Waals surface area contributed by atoms with Crippen molar-refractivity contribution in [3.8, 4) is 0 Å². The number of benzene rings is 1. The highest BCUT2D eigenvalue weighted by Gasteiger charge is 2.40. The van der Waals surface area contributed by atoms with E-state index in [-0.39, 0.29) is 11.2 Å². The second-order valence-electron chi connectivity index (χ2n) is 4.77. The molecule has 0 N–H and O–H groups in total. The van der Waals surface area contributed by atoms with E-state index < -0.39 is 0 Å². The van der Waals surface area contributed by atoms with Crippen LogP contribution in [-0.4, -0.2) is 5.78 Å². The van der Waals surface area contributed by atoms with Gasteiger partial charge in [0.2, 0.25) is 0 Å². The molecule has 1 nitrogen and oxygen atoms in total. The predicted octanol–water partition coefficient (Wildman–Crippen LogP) is 5.15. The van der Waals surface area contributed by atoms with Crippen LogP contribution in [-0.2, 0) is 0 Å². The quantitative estimate of drug-likeness (QED) is 0.695. The molecule has 0 bridgehead atoms. The Kier molecular flexibility index (Phi) is 3.79. The van der Waals surface area contributed by atoms with Crippen LogP contribution in [0, 0.1) is 5.41 Å². The normalized spacial score (nSPS) is 18.3. The van der Waals surface area contributed by atoms with Gasteiger partial charge in [-0.15, -0.1) is 0 Å². The molecule has 0 heterocycles. The Bertz CT molecular complexity index is 434. The molecule has 3 heteroatoms. The first-order valence-corrected chi connectivity index (χ1v) is 6.85. The number of hydrogen-bond donors (Lipinski definition) is 0. The molecule has 0 aromatic heterocycles. The summed E-state index contributed by atoms with van der Waals surface area (Å²) in [5.41, 5.74) is 0.386. The van der Waals surface area contributed by atoms with E-state index in [1.807, 2.05) is 0 Å². The van der Waals surface area contributed by atoms with E-state index in [1.54, 1.807) is 18.2 Å². The van der Waals surface area contributed by atoms with Gasteiger partial charge < -0.3 is 0 Å². The third-order valence-corrected chi connectivity index (χ3v) is 4.73. The maximum atomic E-state index is 12.6. The summed E-state index contributed by atoms with van der Waals surface area (Å²) in [6, 6.07) is 5.29. The molecule has 1 fully saturated rings. The van der Waals surface area contributed by atoms with Crippen LogP contribution in [0.4, 0.5) is 0 Å². The zero-order chi connectivity index (χ0) is 12.5. The monoisotopic (exact) mass is 270 g/mol. The first kappa shape index (κ1) is 12.9. The molecule has 0 amide bonds. The standard InChI is InChI=1S/C14H16Cl2O/c1-2-14(8-3-4-9-14)13(17)10-6-5-7-11(15)12(10)16/h5-7H,2-4,8-9H2,1H3. The van der Waals surface area contributed by atoms with Crippen molar-refractivity contribution in [1.29, 1.82) is 0 Å². The number of carbonyl (C=O) groups is 1. The van der Waals surface area contributed by atoms with Gasteiger partial charge in [0.15, 0.2) is 5.78 Å². The Morgan fingerprint density at radius 3 is 2.53 bits per heavy atom. The molecule has 1 aliphatic rings. The zero-order valence-corrected chi connectivity index (χ0v) is 11.4. The molecule has 2 rings (SSSR count). The predicted molar refractivity (Wildman–Crippen MR) is 72.0 cm³/mol. The zero-order valence-electron chi connectivity index (χ0n) is 9.93. The van der Waals surface area contributed by atoms with E-state index in [2.05, 4.69) is 6.92 Å². The molecular weight excluding hydrogens is 255 g/mol. The summed E-state index contributed by atoms with van der Waals surface area (Å²) in [7, 11) is 0. The lowest BCUT2D eigenvalue weighted by Crippen LogP contribution is -2.27. The molecule has 0 spiro atoms. The lowest BCUT2D eigenvalue weighted by molar-refractivity contribution is 0.0791. The molecule has 1 saturated carbocycles. The van der Waals surface area contributed by atoms with Crippen molar-refractivity contribution in [2.75, 3.05) is 0 Å². The minimum Gasteiger partial charge on any atom is -0.294 e. The van der Waals surface area contributed by atoms with Gasteiger partial charge in [-0.05, 0) is 31.4 Å². The first-order valence-electron chi connectivity index (χ1n) is 6.09. The molecule has 0 atom stereocenters. The van der Waals surface area contributed by atoms with Gasteiger partial charge >= 0.3 is 0 Å². The summed E-state index contributed by atoms with van der Waals surface area (Å²) < 4.78 is 0. The molecule has 1 aromatic rings. The Hall–Kier alpha value is -0.530. The Morgan fingerprint density at radius 2 is 1.94 bits per heavy atom. The van der Waals surface area contributed by atoms with Gasteiger partial charge in [0.25, 0.3) is 0 Å². The smallest absolute Gasteiger partial charge is 0.170 e. The van der Waals surface area contributed by atoms with Crippen molar-refractivity contribution in [2.45, 2.75) is 39.0 Å². The Balaban J connectivity index is 2.39. The molecule has 0 unspecified atom stereocenters. The summed E-state index contributed by atoms with van der Waals surface area (Å²) in [4.78, 5) is 12.6. The van der Waals surface area contributed by atoms with Crippen LogP contribution < -0.4 is 0 Å². The maximum absolute atomic E-state index is 12.6. The molecule has 1 aliphatic carbocycles. The molecule has 17 heavy (non-hydrogen) atoms. The van der Waals surface area contributed by atoms with Crippen LogP contribution in [0.5, 0.6) is 0 Å². The van der Waals surface area contributed by atoms with Crippen molar-refractivity contribution in [3.05, 3.63) is 33.8 Å². The maximum Gasteiger partial charge on any atom is 0.170 e. The van der Waals surface area contributed by atoms with Gasteiger partial charge in [0.05, 0.1) is 10.0 Å². The van der Waals surface area contributed by atoms with E-state index in [9.17, 15) is 4.79 Å². The third-order valence-electron chi connectivity index (χ3n) is 3.92. The summed E-state index contributed by atoms with van der Waals surface area (Å²) >= 11 is 12.1. The van der Waals surface area contributed by atoms with E-state index in [1.165, 1.54) is 0 Å². The van der Waals surface area contributed by atoms with E-state index >= 15 is 0 Å². The van der Waals surface area contributed by atoms with Crippen molar-refractivity contribution < 1.29 is 4.79 Å². The summed E-state index contributed by atoms with van der Waals surface area (Å²) in [5.74, 6) is 0.171. The largest absolute Gasteiger partial charge is 0.294 e. The van der Waals surface area contributed by atoms with Crippen LogP contribution >= 0.6 is 23.2 Å². The van der Waals surface area contributed by atoms with Gasteiger partial charge in [0, 0.05) is 11.0 Å². The highest BCUT2D eigenvalue weighted by atomic mass is 35.5. The van der Waals surface area contributed by atoms with Gasteiger partial charge in [-0.1, -0.05) is 49.0 Å². The summed E-state index contributed by atoms with van der Waals surface area (Å²) in [6.45, 7) is 2.08. The number of carbonyl (C=O) groups excluding carboxylic acids is 1. The number of Topliss-reactive ketones (excluding diaryl/α,β-unsaturated/α-hetero) is 1. The average molecular weight is 271 g/mol. The summed E-state index contributed by atoms with van der Waals surface area (Å²) in [6.07, 6.45) is 5.11. The summed E-state index contributed by atoms with van der Waals surface area (Å²) in [5, 5.41) is 0.862. The number of halogens is 2. The van der Waals surface area contributed by atoms with Crippen LogP contribution in [0.15, 0.2) is 18.2 Å². The Labute approximate surface area is 112 Å². The first-order chi connectivity index (χ1) is 8.10. The van der Waals surface area contributed by atoms with Gasteiger partial charge in [-0.3, -0.25) is 4.79 Å². The van der Waals surface area contributed by atoms with Crippen molar-refractivity contribution in [2.24, 2.45) is 5.41 Å². The molecule has 0 radical (unpaired) electrons. The van der Waals surface area contributed by atoms with Crippen LogP contribution in [0.25, 0.3) is 0 Å². The lowest BCUT2D eigenvalue weighted by atomic mass is 9.76. The third kappa shape index (κ3) is 2.23. The molecule has 1 aromatic carbocycles. The lowest BCUT2D eigenvalue weighted by Gasteiger charge is -2.26. The molecule has 0 aliphatic heterocycles. The fourth-order valence-corrected chi connectivity index (χ4v) is 3.14. The topological polar surface area (TPSA) is 17.1 Å². The minimum atomic E-state index is -0.200. The van der Waals surface area contributed by atoms with Crippen molar-refractivity contribution >= 4 is 29.0 Å².